The molecule has 0 aliphatic carbocycles. The van der Waals surface area contributed by atoms with Gasteiger partial charge in [-0.3, -0.25) is 9.67 Å². The number of hydrogen-bond donors (Lipinski definition) is 1. The van der Waals surface area contributed by atoms with E-state index in [0.717, 1.165) is 25.2 Å². The van der Waals surface area contributed by atoms with Crippen LogP contribution in [0.2, 0.25) is 0 Å². The third-order valence-corrected chi connectivity index (χ3v) is 3.34. The van der Waals surface area contributed by atoms with Crippen molar-refractivity contribution in [2.24, 2.45) is 7.05 Å². The Labute approximate surface area is 114 Å². The van der Waals surface area contributed by atoms with E-state index in [-0.39, 0.29) is 6.04 Å². The molecule has 0 amide bonds. The largest absolute Gasteiger partial charge is 0.310 e. The molecular formula is C14H21N5. The molecule has 2 heterocycles. The molecular weight excluding hydrogens is 238 g/mol. The van der Waals surface area contributed by atoms with Gasteiger partial charge in [0.1, 0.15) is 12.2 Å². The van der Waals surface area contributed by atoms with Gasteiger partial charge in [0.05, 0.1) is 0 Å². The second-order valence-corrected chi connectivity index (χ2v) is 4.54. The SMILES string of the molecule is CCNC(Cc1ncnn1C)c1ccncc1CC. The summed E-state index contributed by atoms with van der Waals surface area (Å²) in [5.74, 6) is 0.991. The Hall–Kier alpha value is -1.75. The van der Waals surface area contributed by atoms with Gasteiger partial charge in [-0.2, -0.15) is 5.10 Å². The first-order valence-electron chi connectivity index (χ1n) is 6.75. The number of aryl methyl sites for hydroxylation is 2. The number of aromatic nitrogens is 4. The predicted molar refractivity (Wildman–Crippen MR) is 74.7 cm³/mol. The maximum Gasteiger partial charge on any atom is 0.138 e. The Morgan fingerprint density at radius 1 is 1.37 bits per heavy atom. The molecule has 0 aliphatic heterocycles. The lowest BCUT2D eigenvalue weighted by Crippen LogP contribution is -2.25. The van der Waals surface area contributed by atoms with Crippen LogP contribution >= 0.6 is 0 Å². The topological polar surface area (TPSA) is 55.6 Å². The monoisotopic (exact) mass is 259 g/mol. The van der Waals surface area contributed by atoms with E-state index in [1.807, 2.05) is 24.1 Å². The lowest BCUT2D eigenvalue weighted by atomic mass is 9.98. The molecule has 2 rings (SSSR count). The highest BCUT2D eigenvalue weighted by molar-refractivity contribution is 5.27. The number of hydrogen-bond acceptors (Lipinski definition) is 4. The van der Waals surface area contributed by atoms with Crippen LogP contribution in [0.5, 0.6) is 0 Å². The van der Waals surface area contributed by atoms with Crippen LogP contribution in [0, 0.1) is 0 Å². The highest BCUT2D eigenvalue weighted by Gasteiger charge is 2.16. The minimum absolute atomic E-state index is 0.255. The van der Waals surface area contributed by atoms with Gasteiger partial charge in [0.2, 0.25) is 0 Å². The molecule has 0 spiro atoms. The van der Waals surface area contributed by atoms with Crippen molar-refractivity contribution >= 4 is 0 Å². The zero-order valence-electron chi connectivity index (χ0n) is 11.8. The van der Waals surface area contributed by atoms with Crippen LogP contribution in [0.1, 0.15) is 36.8 Å². The van der Waals surface area contributed by atoms with Crippen molar-refractivity contribution in [2.45, 2.75) is 32.7 Å². The number of likely N-dealkylation sites (N-methyl/N-ethyl adjacent to an activating group) is 1. The van der Waals surface area contributed by atoms with Crippen molar-refractivity contribution in [1.82, 2.24) is 25.1 Å². The van der Waals surface area contributed by atoms with Crippen LogP contribution in [-0.2, 0) is 19.9 Å². The number of nitrogens with zero attached hydrogens (tertiary/aromatic N) is 4. The molecule has 1 unspecified atom stereocenters. The van der Waals surface area contributed by atoms with Gasteiger partial charge in [-0.1, -0.05) is 13.8 Å². The van der Waals surface area contributed by atoms with Crippen LogP contribution < -0.4 is 5.32 Å². The van der Waals surface area contributed by atoms with E-state index in [0.29, 0.717) is 0 Å². The Morgan fingerprint density at radius 3 is 2.84 bits per heavy atom. The summed E-state index contributed by atoms with van der Waals surface area (Å²) in [7, 11) is 1.93. The molecule has 5 nitrogen and oxygen atoms in total. The van der Waals surface area contributed by atoms with Gasteiger partial charge in [-0.15, -0.1) is 0 Å². The molecule has 1 N–H and O–H groups in total. The summed E-state index contributed by atoms with van der Waals surface area (Å²) < 4.78 is 1.83. The normalized spacial score (nSPS) is 12.6. The third kappa shape index (κ3) is 3.17. The molecule has 19 heavy (non-hydrogen) atoms. The van der Waals surface area contributed by atoms with Crippen LogP contribution in [-0.4, -0.2) is 26.3 Å². The fraction of sp³-hybridized carbons (Fsp3) is 0.500. The van der Waals surface area contributed by atoms with Crippen LogP contribution in [0.3, 0.4) is 0 Å². The van der Waals surface area contributed by atoms with E-state index >= 15 is 0 Å². The van der Waals surface area contributed by atoms with Crippen molar-refractivity contribution < 1.29 is 0 Å². The first-order valence-corrected chi connectivity index (χ1v) is 6.75. The second kappa shape index (κ2) is 6.43. The van der Waals surface area contributed by atoms with Gasteiger partial charge < -0.3 is 5.32 Å². The number of nitrogens with one attached hydrogen (secondary N) is 1. The number of rotatable bonds is 6. The summed E-state index contributed by atoms with van der Waals surface area (Å²) in [4.78, 5) is 8.53. The molecule has 0 aliphatic rings. The smallest absolute Gasteiger partial charge is 0.138 e. The number of pyridine rings is 1. The quantitative estimate of drug-likeness (QED) is 0.857. The van der Waals surface area contributed by atoms with Crippen LogP contribution in [0.25, 0.3) is 0 Å². The Kier molecular flexibility index (Phi) is 4.63. The van der Waals surface area contributed by atoms with Crippen molar-refractivity contribution in [3.05, 3.63) is 41.7 Å². The molecule has 0 saturated heterocycles. The molecule has 0 bridgehead atoms. The molecule has 0 fully saturated rings. The highest BCUT2D eigenvalue weighted by Crippen LogP contribution is 2.21. The second-order valence-electron chi connectivity index (χ2n) is 4.54. The molecule has 102 valence electrons. The van der Waals surface area contributed by atoms with E-state index in [4.69, 9.17) is 0 Å². The first kappa shape index (κ1) is 13.7. The van der Waals surface area contributed by atoms with Gasteiger partial charge in [-0.05, 0) is 30.2 Å². The molecule has 0 radical (unpaired) electrons. The van der Waals surface area contributed by atoms with Gasteiger partial charge in [0.15, 0.2) is 0 Å². The maximum absolute atomic E-state index is 4.32. The molecule has 0 saturated carbocycles. The average Bonchev–Trinajstić information content (AvgIpc) is 2.84. The van der Waals surface area contributed by atoms with E-state index in [1.54, 1.807) is 6.33 Å². The molecule has 5 heteroatoms. The lowest BCUT2D eigenvalue weighted by Gasteiger charge is -2.20. The predicted octanol–water partition coefficient (Wildman–Crippen LogP) is 1.67. The van der Waals surface area contributed by atoms with Gasteiger partial charge in [0.25, 0.3) is 0 Å². The standard InChI is InChI=1S/C14H21N5/c1-4-11-9-15-7-6-12(11)13(16-5-2)8-14-17-10-18-19(14)3/h6-7,9-10,13,16H,4-5,8H2,1-3H3. The average molecular weight is 259 g/mol. The van der Waals surface area contributed by atoms with E-state index in [2.05, 4.69) is 40.3 Å². The third-order valence-electron chi connectivity index (χ3n) is 3.34. The summed E-state index contributed by atoms with van der Waals surface area (Å²) in [6, 6.07) is 2.36. The molecule has 0 aromatic carbocycles. The summed E-state index contributed by atoms with van der Waals surface area (Å²) in [5, 5.41) is 7.66. The summed E-state index contributed by atoms with van der Waals surface area (Å²) in [5.41, 5.74) is 2.60. The Morgan fingerprint density at radius 2 is 2.21 bits per heavy atom. The Bertz CT molecular complexity index is 520. The van der Waals surface area contributed by atoms with E-state index in [1.165, 1.54) is 11.1 Å². The van der Waals surface area contributed by atoms with Crippen molar-refractivity contribution in [3.8, 4) is 0 Å². The Balaban J connectivity index is 2.27. The maximum atomic E-state index is 4.32. The van der Waals surface area contributed by atoms with Crippen molar-refractivity contribution in [3.63, 3.8) is 0 Å². The summed E-state index contributed by atoms with van der Waals surface area (Å²) in [6.07, 6.45) is 7.24. The lowest BCUT2D eigenvalue weighted by molar-refractivity contribution is 0.518. The van der Waals surface area contributed by atoms with Gasteiger partial charge in [-0.25, -0.2) is 4.98 Å². The molecule has 1 atom stereocenters. The van der Waals surface area contributed by atoms with Crippen molar-refractivity contribution in [2.75, 3.05) is 6.54 Å². The highest BCUT2D eigenvalue weighted by atomic mass is 15.3. The fourth-order valence-corrected chi connectivity index (χ4v) is 2.30. The molecule has 2 aromatic rings. The summed E-state index contributed by atoms with van der Waals surface area (Å²) >= 11 is 0. The first-order chi connectivity index (χ1) is 9.26. The minimum atomic E-state index is 0.255. The van der Waals surface area contributed by atoms with Crippen molar-refractivity contribution in [1.29, 1.82) is 0 Å². The van der Waals surface area contributed by atoms with Crippen LogP contribution in [0.4, 0.5) is 0 Å². The van der Waals surface area contributed by atoms with E-state index < -0.39 is 0 Å². The zero-order valence-corrected chi connectivity index (χ0v) is 11.8. The summed E-state index contributed by atoms with van der Waals surface area (Å²) in [6.45, 7) is 5.20. The molecule has 2 aromatic heterocycles. The van der Waals surface area contributed by atoms with Gasteiger partial charge in [0, 0.05) is 31.9 Å². The zero-order chi connectivity index (χ0) is 13.7. The van der Waals surface area contributed by atoms with Gasteiger partial charge >= 0.3 is 0 Å². The minimum Gasteiger partial charge on any atom is -0.310 e. The van der Waals surface area contributed by atoms with E-state index in [9.17, 15) is 0 Å². The van der Waals surface area contributed by atoms with Crippen LogP contribution in [0.15, 0.2) is 24.8 Å². The fourth-order valence-electron chi connectivity index (χ4n) is 2.30.